The lowest BCUT2D eigenvalue weighted by atomic mass is 10.2. The zero-order valence-electron chi connectivity index (χ0n) is 17.9. The first-order chi connectivity index (χ1) is 14.7. The summed E-state index contributed by atoms with van der Waals surface area (Å²) >= 11 is 0. The second-order valence-corrected chi connectivity index (χ2v) is 9.71. The van der Waals surface area contributed by atoms with Crippen LogP contribution in [0.1, 0.15) is 6.92 Å². The summed E-state index contributed by atoms with van der Waals surface area (Å²) < 4.78 is 25.9. The van der Waals surface area contributed by atoms with Crippen LogP contribution in [0.3, 0.4) is 0 Å². The SMILES string of the molecule is CC(=O)Nc1ccc(N(CC(O)CN2CCN(c3ccccc3)CC2)S(C)(=O)=O)cc1. The molecule has 168 valence electrons. The molecule has 1 aliphatic heterocycles. The molecule has 0 spiro atoms. The second-order valence-electron chi connectivity index (χ2n) is 7.80. The fraction of sp³-hybridized carbons (Fsp3) is 0.409. The zero-order valence-corrected chi connectivity index (χ0v) is 18.8. The average Bonchev–Trinajstić information content (AvgIpc) is 2.73. The van der Waals surface area contributed by atoms with E-state index in [4.69, 9.17) is 0 Å². The van der Waals surface area contributed by atoms with E-state index in [1.165, 1.54) is 16.9 Å². The summed E-state index contributed by atoms with van der Waals surface area (Å²) in [5.41, 5.74) is 2.22. The first-order valence-electron chi connectivity index (χ1n) is 10.3. The fourth-order valence-corrected chi connectivity index (χ4v) is 4.67. The molecule has 0 aromatic heterocycles. The van der Waals surface area contributed by atoms with Gasteiger partial charge in [0.25, 0.3) is 0 Å². The molecule has 9 heteroatoms. The number of benzene rings is 2. The molecule has 1 amide bonds. The number of rotatable bonds is 8. The van der Waals surface area contributed by atoms with Crippen LogP contribution in [0.15, 0.2) is 54.6 Å². The number of amides is 1. The van der Waals surface area contributed by atoms with Gasteiger partial charge < -0.3 is 15.3 Å². The van der Waals surface area contributed by atoms with Crippen LogP contribution >= 0.6 is 0 Å². The Morgan fingerprint density at radius 2 is 1.68 bits per heavy atom. The van der Waals surface area contributed by atoms with Crippen LogP contribution in [-0.2, 0) is 14.8 Å². The number of para-hydroxylation sites is 1. The van der Waals surface area contributed by atoms with Crippen molar-refractivity contribution in [2.45, 2.75) is 13.0 Å². The molecule has 2 N–H and O–H groups in total. The van der Waals surface area contributed by atoms with Crippen LogP contribution in [0.2, 0.25) is 0 Å². The predicted molar refractivity (Wildman–Crippen MR) is 124 cm³/mol. The van der Waals surface area contributed by atoms with E-state index in [1.54, 1.807) is 24.3 Å². The number of β-amino-alcohol motifs (C(OH)–C–C–N with tert-alkyl or cyclic N) is 1. The number of carbonyl (C=O) groups excluding carboxylic acids is 1. The van der Waals surface area contributed by atoms with Crippen molar-refractivity contribution in [3.8, 4) is 0 Å². The van der Waals surface area contributed by atoms with E-state index < -0.39 is 16.1 Å². The van der Waals surface area contributed by atoms with Gasteiger partial charge in [-0.2, -0.15) is 0 Å². The van der Waals surface area contributed by atoms with Crippen LogP contribution in [0, 0.1) is 0 Å². The Bertz CT molecular complexity index is 959. The van der Waals surface area contributed by atoms with Gasteiger partial charge in [-0.15, -0.1) is 0 Å². The number of hydrogen-bond donors (Lipinski definition) is 2. The van der Waals surface area contributed by atoms with Crippen LogP contribution < -0.4 is 14.5 Å². The summed E-state index contributed by atoms with van der Waals surface area (Å²) in [5, 5.41) is 13.3. The number of hydrogen-bond acceptors (Lipinski definition) is 6. The topological polar surface area (TPSA) is 93.2 Å². The Balaban J connectivity index is 1.58. The minimum absolute atomic E-state index is 0.0305. The normalized spacial score (nSPS) is 16.0. The van der Waals surface area contributed by atoms with Gasteiger partial charge >= 0.3 is 0 Å². The smallest absolute Gasteiger partial charge is 0.232 e. The van der Waals surface area contributed by atoms with Crippen molar-refractivity contribution in [3.05, 3.63) is 54.6 Å². The van der Waals surface area contributed by atoms with Gasteiger partial charge in [0.05, 0.1) is 24.6 Å². The quantitative estimate of drug-likeness (QED) is 0.640. The van der Waals surface area contributed by atoms with Crippen LogP contribution in [0.25, 0.3) is 0 Å². The molecular formula is C22H30N4O4S. The van der Waals surface area contributed by atoms with Crippen molar-refractivity contribution >= 4 is 33.0 Å². The second kappa shape index (κ2) is 10.1. The summed E-state index contributed by atoms with van der Waals surface area (Å²) in [6.07, 6.45) is 0.299. The average molecular weight is 447 g/mol. The molecular weight excluding hydrogens is 416 g/mol. The largest absolute Gasteiger partial charge is 0.390 e. The van der Waals surface area contributed by atoms with E-state index in [9.17, 15) is 18.3 Å². The third-order valence-electron chi connectivity index (χ3n) is 5.22. The lowest BCUT2D eigenvalue weighted by molar-refractivity contribution is -0.114. The number of carbonyl (C=O) groups is 1. The van der Waals surface area contributed by atoms with E-state index in [-0.39, 0.29) is 12.5 Å². The molecule has 0 bridgehead atoms. The molecule has 2 aromatic rings. The van der Waals surface area contributed by atoms with E-state index in [0.29, 0.717) is 17.9 Å². The summed E-state index contributed by atoms with van der Waals surface area (Å²) in [6, 6.07) is 16.7. The Hall–Kier alpha value is -2.62. The van der Waals surface area contributed by atoms with E-state index >= 15 is 0 Å². The molecule has 1 saturated heterocycles. The first kappa shape index (κ1) is 23.1. The Kier molecular flexibility index (Phi) is 7.53. The molecule has 0 radical (unpaired) electrons. The van der Waals surface area contributed by atoms with Crippen molar-refractivity contribution in [2.24, 2.45) is 0 Å². The predicted octanol–water partition coefficient (Wildman–Crippen LogP) is 1.59. The highest BCUT2D eigenvalue weighted by molar-refractivity contribution is 7.92. The monoisotopic (exact) mass is 446 g/mol. The number of piperazine rings is 1. The van der Waals surface area contributed by atoms with Crippen LogP contribution in [0.5, 0.6) is 0 Å². The van der Waals surface area contributed by atoms with Crippen molar-refractivity contribution in [2.75, 3.05) is 60.0 Å². The van der Waals surface area contributed by atoms with Gasteiger partial charge in [-0.05, 0) is 36.4 Å². The molecule has 3 rings (SSSR count). The molecule has 1 aliphatic rings. The highest BCUT2D eigenvalue weighted by atomic mass is 32.2. The number of nitrogens with one attached hydrogen (secondary N) is 1. The van der Waals surface area contributed by atoms with Crippen LogP contribution in [0.4, 0.5) is 17.1 Å². The third-order valence-corrected chi connectivity index (χ3v) is 6.38. The molecule has 1 unspecified atom stereocenters. The summed E-state index contributed by atoms with van der Waals surface area (Å²) in [4.78, 5) is 15.6. The maximum atomic E-state index is 12.3. The standard InChI is InChI=1S/C22H30N4O4S/c1-18(27)23-19-8-10-21(11-9-19)26(31(2,29)30)17-22(28)16-24-12-14-25(15-13-24)20-6-4-3-5-7-20/h3-11,22,28H,12-17H2,1-2H3,(H,23,27). The number of anilines is 3. The Morgan fingerprint density at radius 3 is 2.23 bits per heavy atom. The summed E-state index contributed by atoms with van der Waals surface area (Å²) in [7, 11) is -3.58. The minimum Gasteiger partial charge on any atom is -0.390 e. The first-order valence-corrected chi connectivity index (χ1v) is 12.1. The maximum absolute atomic E-state index is 12.3. The Morgan fingerprint density at radius 1 is 1.06 bits per heavy atom. The van der Waals surface area contributed by atoms with Crippen molar-refractivity contribution in [1.82, 2.24) is 4.90 Å². The molecule has 1 heterocycles. The van der Waals surface area contributed by atoms with Crippen molar-refractivity contribution in [3.63, 3.8) is 0 Å². The number of aliphatic hydroxyl groups is 1. The highest BCUT2D eigenvalue weighted by Crippen LogP contribution is 2.21. The van der Waals surface area contributed by atoms with Crippen molar-refractivity contribution < 1.29 is 18.3 Å². The molecule has 2 aromatic carbocycles. The maximum Gasteiger partial charge on any atom is 0.232 e. The van der Waals surface area contributed by atoms with E-state index in [1.807, 2.05) is 18.2 Å². The molecule has 0 aliphatic carbocycles. The number of nitrogens with zero attached hydrogens (tertiary/aromatic N) is 3. The lowest BCUT2D eigenvalue weighted by Gasteiger charge is -2.37. The van der Waals surface area contributed by atoms with Gasteiger partial charge in [0.2, 0.25) is 15.9 Å². The third kappa shape index (κ3) is 6.68. The number of aliphatic hydroxyl groups excluding tert-OH is 1. The zero-order chi connectivity index (χ0) is 22.4. The molecule has 0 saturated carbocycles. The summed E-state index contributed by atoms with van der Waals surface area (Å²) in [5.74, 6) is -0.199. The fourth-order valence-electron chi connectivity index (χ4n) is 3.72. The van der Waals surface area contributed by atoms with Gasteiger partial charge in [0, 0.05) is 51.0 Å². The molecule has 1 atom stereocenters. The molecule has 1 fully saturated rings. The highest BCUT2D eigenvalue weighted by Gasteiger charge is 2.24. The van der Waals surface area contributed by atoms with Crippen molar-refractivity contribution in [1.29, 1.82) is 0 Å². The minimum atomic E-state index is -3.58. The van der Waals surface area contributed by atoms with Crippen LogP contribution in [-0.4, -0.2) is 76.0 Å². The molecule has 8 nitrogen and oxygen atoms in total. The Labute approximate surface area is 184 Å². The lowest BCUT2D eigenvalue weighted by Crippen LogP contribution is -2.50. The molecule has 31 heavy (non-hydrogen) atoms. The number of sulfonamides is 1. The summed E-state index contributed by atoms with van der Waals surface area (Å²) in [6.45, 7) is 5.10. The van der Waals surface area contributed by atoms with Gasteiger partial charge in [0.1, 0.15) is 0 Å². The van der Waals surface area contributed by atoms with Gasteiger partial charge in [-0.3, -0.25) is 14.0 Å². The van der Waals surface area contributed by atoms with E-state index in [2.05, 4.69) is 27.2 Å². The van der Waals surface area contributed by atoms with Gasteiger partial charge in [0.15, 0.2) is 0 Å². The van der Waals surface area contributed by atoms with Gasteiger partial charge in [-0.1, -0.05) is 18.2 Å². The van der Waals surface area contributed by atoms with Gasteiger partial charge in [-0.25, -0.2) is 8.42 Å². The van der Waals surface area contributed by atoms with E-state index in [0.717, 1.165) is 32.4 Å².